The Morgan fingerprint density at radius 3 is 2.55 bits per heavy atom. The van der Waals surface area contributed by atoms with Gasteiger partial charge in [0.05, 0.1) is 32.4 Å². The van der Waals surface area contributed by atoms with Gasteiger partial charge < -0.3 is 9.80 Å². The lowest BCUT2D eigenvalue weighted by Gasteiger charge is -2.36. The van der Waals surface area contributed by atoms with Gasteiger partial charge in [0, 0.05) is 31.6 Å². The van der Waals surface area contributed by atoms with E-state index < -0.39 is 0 Å². The summed E-state index contributed by atoms with van der Waals surface area (Å²) in [6.45, 7) is 2.50. The van der Waals surface area contributed by atoms with Crippen LogP contribution < -0.4 is 4.90 Å². The Labute approximate surface area is 188 Å². The first-order valence-corrected chi connectivity index (χ1v) is 11.3. The maximum absolute atomic E-state index is 14.0. The number of aromatic nitrogens is 1. The summed E-state index contributed by atoms with van der Waals surface area (Å²) < 4.78 is 14.0. The zero-order chi connectivity index (χ0) is 21.4. The van der Waals surface area contributed by atoms with Crippen molar-refractivity contribution in [3.8, 4) is 10.6 Å². The van der Waals surface area contributed by atoms with Crippen molar-refractivity contribution in [2.45, 2.75) is 0 Å². The number of halogens is 2. The van der Waals surface area contributed by atoms with Crippen molar-refractivity contribution in [2.24, 2.45) is 0 Å². The highest BCUT2D eigenvalue weighted by molar-refractivity contribution is 7.13. The molecule has 0 spiro atoms. The molecule has 0 aliphatic carbocycles. The zero-order valence-electron chi connectivity index (χ0n) is 16.6. The van der Waals surface area contributed by atoms with Crippen molar-refractivity contribution in [1.82, 2.24) is 9.88 Å². The van der Waals surface area contributed by atoms with Gasteiger partial charge in [-0.25, -0.2) is 9.37 Å². The van der Waals surface area contributed by atoms with E-state index in [0.29, 0.717) is 47.7 Å². The number of nitrogens with zero attached hydrogens (tertiary/aromatic N) is 3. The number of carbonyl (C=O) groups excluding carboxylic acids is 1. The molecule has 2 aromatic heterocycles. The van der Waals surface area contributed by atoms with Gasteiger partial charge in [-0.1, -0.05) is 29.8 Å². The van der Waals surface area contributed by atoms with Crippen LogP contribution in [0.3, 0.4) is 0 Å². The second kappa shape index (κ2) is 8.29. The molecule has 3 heterocycles. The van der Waals surface area contributed by atoms with Gasteiger partial charge >= 0.3 is 0 Å². The van der Waals surface area contributed by atoms with Gasteiger partial charge in [0.1, 0.15) is 5.82 Å². The van der Waals surface area contributed by atoms with E-state index in [1.54, 1.807) is 23.5 Å². The highest BCUT2D eigenvalue weighted by atomic mass is 35.5. The van der Waals surface area contributed by atoms with Gasteiger partial charge in [0.25, 0.3) is 5.91 Å². The van der Waals surface area contributed by atoms with E-state index in [0.717, 1.165) is 16.3 Å². The summed E-state index contributed by atoms with van der Waals surface area (Å²) in [7, 11) is 0. The van der Waals surface area contributed by atoms with Crippen molar-refractivity contribution in [1.29, 1.82) is 0 Å². The van der Waals surface area contributed by atoms with Gasteiger partial charge in [-0.3, -0.25) is 4.79 Å². The third-order valence-corrected chi connectivity index (χ3v) is 6.75. The summed E-state index contributed by atoms with van der Waals surface area (Å²) in [6.07, 6.45) is 0. The first-order valence-electron chi connectivity index (χ1n) is 10.0. The van der Waals surface area contributed by atoms with Gasteiger partial charge in [0.2, 0.25) is 0 Å². The standard InChI is InChI=1S/C24H19ClFN3OS/c25-19-4-1-2-5-22(19)28-9-11-29(12-10-28)24(30)18-15-21(23-6-3-13-31-23)27-20-8-7-16(26)14-17(18)20/h1-8,13-15H,9-12H2. The molecular weight excluding hydrogens is 433 g/mol. The monoisotopic (exact) mass is 451 g/mol. The summed E-state index contributed by atoms with van der Waals surface area (Å²) in [5.74, 6) is -0.481. The van der Waals surface area contributed by atoms with Gasteiger partial charge in [-0.15, -0.1) is 11.3 Å². The van der Waals surface area contributed by atoms with Crippen LogP contribution in [0.5, 0.6) is 0 Å². The van der Waals surface area contributed by atoms with Crippen LogP contribution in [0.4, 0.5) is 10.1 Å². The second-order valence-corrected chi connectivity index (χ2v) is 8.78. The number of rotatable bonds is 3. The predicted molar refractivity (Wildman–Crippen MR) is 125 cm³/mol. The van der Waals surface area contributed by atoms with Crippen LogP contribution in [0.1, 0.15) is 10.4 Å². The minimum absolute atomic E-state index is 0.102. The zero-order valence-corrected chi connectivity index (χ0v) is 18.2. The predicted octanol–water partition coefficient (Wildman–Crippen LogP) is 5.72. The fraction of sp³-hybridized carbons (Fsp3) is 0.167. The lowest BCUT2D eigenvalue weighted by Crippen LogP contribution is -2.49. The van der Waals surface area contributed by atoms with Crippen LogP contribution in [0.25, 0.3) is 21.5 Å². The highest BCUT2D eigenvalue weighted by Crippen LogP contribution is 2.30. The topological polar surface area (TPSA) is 36.4 Å². The maximum atomic E-state index is 14.0. The quantitative estimate of drug-likeness (QED) is 0.400. The molecule has 4 aromatic rings. The normalized spacial score (nSPS) is 14.3. The molecule has 4 nitrogen and oxygen atoms in total. The number of benzene rings is 2. The van der Waals surface area contributed by atoms with E-state index in [9.17, 15) is 9.18 Å². The number of hydrogen-bond donors (Lipinski definition) is 0. The van der Waals surface area contributed by atoms with E-state index in [2.05, 4.69) is 9.88 Å². The first kappa shape index (κ1) is 20.0. The van der Waals surface area contributed by atoms with Gasteiger partial charge in [0.15, 0.2) is 0 Å². The average Bonchev–Trinajstić information content (AvgIpc) is 3.33. The van der Waals surface area contributed by atoms with Crippen molar-refractivity contribution >= 4 is 45.4 Å². The Hall–Kier alpha value is -2.96. The van der Waals surface area contributed by atoms with Crippen LogP contribution in [-0.2, 0) is 0 Å². The Morgan fingerprint density at radius 1 is 1.00 bits per heavy atom. The number of thiophene rings is 1. The Balaban J connectivity index is 1.46. The van der Waals surface area contributed by atoms with Crippen LogP contribution >= 0.6 is 22.9 Å². The number of fused-ring (bicyclic) bond motifs is 1. The largest absolute Gasteiger partial charge is 0.367 e. The Bertz CT molecular complexity index is 1250. The number of hydrogen-bond acceptors (Lipinski definition) is 4. The van der Waals surface area contributed by atoms with E-state index >= 15 is 0 Å². The number of amides is 1. The third-order valence-electron chi connectivity index (χ3n) is 5.53. The van der Waals surface area contributed by atoms with Crippen LogP contribution in [0, 0.1) is 5.82 Å². The second-order valence-electron chi connectivity index (χ2n) is 7.42. The molecule has 0 bridgehead atoms. The summed E-state index contributed by atoms with van der Waals surface area (Å²) in [5, 5.41) is 3.22. The van der Waals surface area contributed by atoms with E-state index in [1.165, 1.54) is 12.1 Å². The molecule has 5 rings (SSSR count). The Kier molecular flexibility index (Phi) is 5.34. The lowest BCUT2D eigenvalue weighted by atomic mass is 10.0. The summed E-state index contributed by atoms with van der Waals surface area (Å²) >= 11 is 7.90. The van der Waals surface area contributed by atoms with Crippen LogP contribution in [0.2, 0.25) is 5.02 Å². The number of para-hydroxylation sites is 1. The molecule has 0 saturated carbocycles. The SMILES string of the molecule is O=C(c1cc(-c2cccs2)nc2ccc(F)cc12)N1CCN(c2ccccc2Cl)CC1. The molecule has 31 heavy (non-hydrogen) atoms. The molecule has 1 aliphatic heterocycles. The third kappa shape index (κ3) is 3.89. The van der Waals surface area contributed by atoms with Crippen molar-refractivity contribution < 1.29 is 9.18 Å². The molecule has 1 aliphatic rings. The fourth-order valence-electron chi connectivity index (χ4n) is 3.95. The van der Waals surface area contributed by atoms with Crippen molar-refractivity contribution in [3.63, 3.8) is 0 Å². The molecule has 0 N–H and O–H groups in total. The highest BCUT2D eigenvalue weighted by Gasteiger charge is 2.25. The fourth-order valence-corrected chi connectivity index (χ4v) is 4.90. The minimum Gasteiger partial charge on any atom is -0.367 e. The summed E-state index contributed by atoms with van der Waals surface area (Å²) in [5.41, 5.74) is 2.81. The molecule has 7 heteroatoms. The molecule has 156 valence electrons. The number of carbonyl (C=O) groups is 1. The lowest BCUT2D eigenvalue weighted by molar-refractivity contribution is 0.0749. The van der Waals surface area contributed by atoms with Crippen molar-refractivity contribution in [3.05, 3.63) is 82.4 Å². The van der Waals surface area contributed by atoms with Crippen molar-refractivity contribution in [2.75, 3.05) is 31.1 Å². The molecule has 0 atom stereocenters. The van der Waals surface area contributed by atoms with Crippen LogP contribution in [-0.4, -0.2) is 42.0 Å². The first-order chi connectivity index (χ1) is 15.1. The van der Waals surface area contributed by atoms with E-state index in [-0.39, 0.29) is 11.7 Å². The smallest absolute Gasteiger partial charge is 0.254 e. The maximum Gasteiger partial charge on any atom is 0.254 e. The minimum atomic E-state index is -0.379. The summed E-state index contributed by atoms with van der Waals surface area (Å²) in [4.78, 5) is 23.1. The molecule has 1 amide bonds. The van der Waals surface area contributed by atoms with Gasteiger partial charge in [-0.2, -0.15) is 0 Å². The Morgan fingerprint density at radius 2 is 1.81 bits per heavy atom. The summed E-state index contributed by atoms with van der Waals surface area (Å²) in [6, 6.07) is 17.9. The van der Waals surface area contributed by atoms with Gasteiger partial charge in [-0.05, 0) is 47.8 Å². The molecule has 0 radical (unpaired) electrons. The average molecular weight is 452 g/mol. The molecule has 0 unspecified atom stereocenters. The molecular formula is C24H19ClFN3OS. The number of piperazine rings is 1. The number of anilines is 1. The molecule has 1 saturated heterocycles. The van der Waals surface area contributed by atoms with E-state index in [1.807, 2.05) is 46.7 Å². The van der Waals surface area contributed by atoms with E-state index in [4.69, 9.17) is 11.6 Å². The molecule has 1 fully saturated rings. The van der Waals surface area contributed by atoms with Crippen LogP contribution in [0.15, 0.2) is 66.0 Å². The molecule has 2 aromatic carbocycles. The number of pyridine rings is 1.